The molecule has 0 atom stereocenters. The normalized spacial score (nSPS) is 17.2. The highest BCUT2D eigenvalue weighted by molar-refractivity contribution is 5.74. The molecule has 4 nitrogen and oxygen atoms in total. The maximum absolute atomic E-state index is 12.1. The Morgan fingerprint density at radius 2 is 2.24 bits per heavy atom. The number of nitrogens with zero attached hydrogens (tertiary/aromatic N) is 2. The summed E-state index contributed by atoms with van der Waals surface area (Å²) in [6.45, 7) is 4.54. The van der Waals surface area contributed by atoms with Gasteiger partial charge in [0, 0.05) is 20.1 Å². The molecule has 0 unspecified atom stereocenters. The Hall–Kier alpha value is -1.45. The van der Waals surface area contributed by atoms with Crippen molar-refractivity contribution >= 4 is 6.03 Å². The summed E-state index contributed by atoms with van der Waals surface area (Å²) < 4.78 is 5.25. The van der Waals surface area contributed by atoms with Crippen LogP contribution in [0.2, 0.25) is 0 Å². The Morgan fingerprint density at radius 3 is 2.82 bits per heavy atom. The number of furan rings is 1. The van der Waals surface area contributed by atoms with Crippen LogP contribution in [0.4, 0.5) is 4.79 Å². The van der Waals surface area contributed by atoms with E-state index in [2.05, 4.69) is 6.92 Å². The Morgan fingerprint density at radius 1 is 1.53 bits per heavy atom. The Bertz CT molecular complexity index is 354. The molecule has 0 bridgehead atoms. The monoisotopic (exact) mass is 236 g/mol. The minimum atomic E-state index is 0.105. The maximum Gasteiger partial charge on any atom is 0.320 e. The molecule has 17 heavy (non-hydrogen) atoms. The first-order valence-electron chi connectivity index (χ1n) is 6.19. The second-order valence-electron chi connectivity index (χ2n) is 4.89. The molecule has 1 aliphatic rings. The fraction of sp³-hybridized carbons (Fsp3) is 0.615. The summed E-state index contributed by atoms with van der Waals surface area (Å²) in [5, 5.41) is 0. The lowest BCUT2D eigenvalue weighted by atomic mass is 10.00. The molecule has 1 aromatic rings. The van der Waals surface area contributed by atoms with Crippen molar-refractivity contribution in [2.75, 3.05) is 20.1 Å². The molecule has 1 aromatic heterocycles. The molecule has 2 heterocycles. The van der Waals surface area contributed by atoms with Crippen molar-refractivity contribution in [1.82, 2.24) is 9.80 Å². The summed E-state index contributed by atoms with van der Waals surface area (Å²) in [6.07, 6.45) is 3.86. The van der Waals surface area contributed by atoms with E-state index in [-0.39, 0.29) is 6.03 Å². The highest BCUT2D eigenvalue weighted by atomic mass is 16.3. The van der Waals surface area contributed by atoms with E-state index in [9.17, 15) is 4.79 Å². The van der Waals surface area contributed by atoms with E-state index >= 15 is 0 Å². The minimum Gasteiger partial charge on any atom is -0.467 e. The largest absolute Gasteiger partial charge is 0.467 e. The number of rotatable bonds is 2. The molecule has 0 saturated carbocycles. The standard InChI is InChI=1S/C13H20N2O2/c1-11-5-7-15(8-6-11)13(16)14(2)10-12-4-3-9-17-12/h3-4,9,11H,5-8,10H2,1-2H3. The Balaban J connectivity index is 1.86. The van der Waals surface area contributed by atoms with Crippen LogP contribution >= 0.6 is 0 Å². The van der Waals surface area contributed by atoms with Gasteiger partial charge in [0.05, 0.1) is 12.8 Å². The summed E-state index contributed by atoms with van der Waals surface area (Å²) in [7, 11) is 1.82. The average molecular weight is 236 g/mol. The summed E-state index contributed by atoms with van der Waals surface area (Å²) in [6, 6.07) is 3.84. The predicted molar refractivity (Wildman–Crippen MR) is 65.5 cm³/mol. The van der Waals surface area contributed by atoms with Crippen LogP contribution < -0.4 is 0 Å². The van der Waals surface area contributed by atoms with Gasteiger partial charge in [0.1, 0.15) is 5.76 Å². The van der Waals surface area contributed by atoms with Crippen molar-refractivity contribution < 1.29 is 9.21 Å². The highest BCUT2D eigenvalue weighted by Crippen LogP contribution is 2.17. The number of hydrogen-bond acceptors (Lipinski definition) is 2. The Labute approximate surface area is 102 Å². The molecule has 1 fully saturated rings. The lowest BCUT2D eigenvalue weighted by molar-refractivity contribution is 0.139. The quantitative estimate of drug-likeness (QED) is 0.791. The molecule has 2 amide bonds. The van der Waals surface area contributed by atoms with Crippen LogP contribution in [0.3, 0.4) is 0 Å². The van der Waals surface area contributed by atoms with Crippen molar-refractivity contribution in [3.05, 3.63) is 24.2 Å². The van der Waals surface area contributed by atoms with Crippen LogP contribution in [-0.4, -0.2) is 36.0 Å². The van der Waals surface area contributed by atoms with E-state index in [0.717, 1.165) is 37.6 Å². The number of piperidine rings is 1. The summed E-state index contributed by atoms with van der Waals surface area (Å²) >= 11 is 0. The van der Waals surface area contributed by atoms with Crippen LogP contribution in [0.25, 0.3) is 0 Å². The first-order valence-corrected chi connectivity index (χ1v) is 6.19. The second kappa shape index (κ2) is 5.25. The van der Waals surface area contributed by atoms with Gasteiger partial charge in [-0.05, 0) is 30.9 Å². The van der Waals surface area contributed by atoms with E-state index < -0.39 is 0 Å². The summed E-state index contributed by atoms with van der Waals surface area (Å²) in [4.78, 5) is 15.8. The van der Waals surface area contributed by atoms with Gasteiger partial charge in [-0.2, -0.15) is 0 Å². The molecule has 94 valence electrons. The van der Waals surface area contributed by atoms with Crippen molar-refractivity contribution in [1.29, 1.82) is 0 Å². The Kier molecular flexibility index (Phi) is 3.71. The number of likely N-dealkylation sites (tertiary alicyclic amines) is 1. The van der Waals surface area contributed by atoms with E-state index in [0.29, 0.717) is 6.54 Å². The molecule has 2 rings (SSSR count). The van der Waals surface area contributed by atoms with Crippen LogP contribution in [0.1, 0.15) is 25.5 Å². The van der Waals surface area contributed by atoms with Crippen LogP contribution in [0.5, 0.6) is 0 Å². The maximum atomic E-state index is 12.1. The lowest BCUT2D eigenvalue weighted by Crippen LogP contribution is -2.44. The average Bonchev–Trinajstić information content (AvgIpc) is 2.82. The molecular formula is C13H20N2O2. The fourth-order valence-electron chi connectivity index (χ4n) is 2.15. The van der Waals surface area contributed by atoms with Gasteiger partial charge in [-0.25, -0.2) is 4.79 Å². The second-order valence-corrected chi connectivity index (χ2v) is 4.89. The van der Waals surface area contributed by atoms with E-state index in [1.54, 1.807) is 11.2 Å². The molecule has 0 N–H and O–H groups in total. The minimum absolute atomic E-state index is 0.105. The number of hydrogen-bond donors (Lipinski definition) is 0. The third-order valence-corrected chi connectivity index (χ3v) is 3.35. The van der Waals surface area contributed by atoms with E-state index in [1.165, 1.54) is 0 Å². The van der Waals surface area contributed by atoms with Crippen LogP contribution in [-0.2, 0) is 6.54 Å². The molecule has 0 radical (unpaired) electrons. The molecule has 1 aliphatic heterocycles. The number of carbonyl (C=O) groups is 1. The van der Waals surface area contributed by atoms with Crippen molar-refractivity contribution in [2.24, 2.45) is 5.92 Å². The van der Waals surface area contributed by atoms with Crippen molar-refractivity contribution in [3.8, 4) is 0 Å². The van der Waals surface area contributed by atoms with Crippen molar-refractivity contribution in [2.45, 2.75) is 26.3 Å². The topological polar surface area (TPSA) is 36.7 Å². The van der Waals surface area contributed by atoms with Gasteiger partial charge in [-0.3, -0.25) is 0 Å². The molecule has 0 aliphatic carbocycles. The van der Waals surface area contributed by atoms with Gasteiger partial charge in [0.15, 0.2) is 0 Å². The number of carbonyl (C=O) groups excluding carboxylic acids is 1. The van der Waals surface area contributed by atoms with Gasteiger partial charge >= 0.3 is 6.03 Å². The molecule has 4 heteroatoms. The molecular weight excluding hydrogens is 216 g/mol. The smallest absolute Gasteiger partial charge is 0.320 e. The fourth-order valence-corrected chi connectivity index (χ4v) is 2.15. The van der Waals surface area contributed by atoms with Crippen LogP contribution in [0, 0.1) is 5.92 Å². The molecule has 0 aromatic carbocycles. The first-order chi connectivity index (χ1) is 8.16. The third-order valence-electron chi connectivity index (χ3n) is 3.35. The molecule has 0 spiro atoms. The zero-order valence-electron chi connectivity index (χ0n) is 10.6. The SMILES string of the molecule is CC1CCN(C(=O)N(C)Cc2ccco2)CC1. The van der Waals surface area contributed by atoms with Gasteiger partial charge in [-0.1, -0.05) is 6.92 Å². The summed E-state index contributed by atoms with van der Waals surface area (Å²) in [5.41, 5.74) is 0. The zero-order chi connectivity index (χ0) is 12.3. The van der Waals surface area contributed by atoms with E-state index in [4.69, 9.17) is 4.42 Å². The van der Waals surface area contributed by atoms with Gasteiger partial charge in [0.2, 0.25) is 0 Å². The van der Waals surface area contributed by atoms with Gasteiger partial charge < -0.3 is 14.2 Å². The molecule has 1 saturated heterocycles. The number of urea groups is 1. The van der Waals surface area contributed by atoms with Gasteiger partial charge in [-0.15, -0.1) is 0 Å². The van der Waals surface area contributed by atoms with Crippen LogP contribution in [0.15, 0.2) is 22.8 Å². The summed E-state index contributed by atoms with van der Waals surface area (Å²) in [5.74, 6) is 1.57. The van der Waals surface area contributed by atoms with Gasteiger partial charge in [0.25, 0.3) is 0 Å². The highest BCUT2D eigenvalue weighted by Gasteiger charge is 2.23. The third kappa shape index (κ3) is 3.02. The zero-order valence-corrected chi connectivity index (χ0v) is 10.6. The van der Waals surface area contributed by atoms with E-state index in [1.807, 2.05) is 24.1 Å². The lowest BCUT2D eigenvalue weighted by Gasteiger charge is -2.33. The number of amides is 2. The first kappa shape index (κ1) is 12.0. The predicted octanol–water partition coefficient (Wildman–Crippen LogP) is 2.56. The van der Waals surface area contributed by atoms with Crippen molar-refractivity contribution in [3.63, 3.8) is 0 Å².